The normalized spacial score (nSPS) is 11.5. The van der Waals surface area contributed by atoms with Crippen LogP contribution in [0, 0.1) is 0 Å². The number of carbonyl (C=O) groups is 3. The van der Waals surface area contributed by atoms with Gasteiger partial charge in [0.25, 0.3) is 0 Å². The van der Waals surface area contributed by atoms with Crippen molar-refractivity contribution in [3.05, 3.63) is 34.3 Å². The van der Waals surface area contributed by atoms with Crippen molar-refractivity contribution in [2.45, 2.75) is 13.0 Å². The number of nitrogens with one attached hydrogen (secondary N) is 2. The van der Waals surface area contributed by atoms with E-state index in [1.165, 1.54) is 6.92 Å². The van der Waals surface area contributed by atoms with E-state index < -0.39 is 18.0 Å². The van der Waals surface area contributed by atoms with E-state index in [1.807, 2.05) is 5.32 Å². The second kappa shape index (κ2) is 6.89. The summed E-state index contributed by atoms with van der Waals surface area (Å²) >= 11 is 3.24. The number of carbonyl (C=O) groups excluding carboxylic acids is 2. The van der Waals surface area contributed by atoms with Crippen molar-refractivity contribution in [2.24, 2.45) is 0 Å². The smallest absolute Gasteiger partial charge is 0.405 e. The van der Waals surface area contributed by atoms with Gasteiger partial charge in [-0.25, -0.2) is 4.79 Å². The summed E-state index contributed by atoms with van der Waals surface area (Å²) in [7, 11) is 0. The zero-order valence-corrected chi connectivity index (χ0v) is 11.7. The Morgan fingerprint density at radius 2 is 1.95 bits per heavy atom. The molecule has 6 nitrogen and oxygen atoms in total. The number of rotatable bonds is 5. The van der Waals surface area contributed by atoms with Crippen LogP contribution in [0.25, 0.3) is 0 Å². The monoisotopic (exact) mass is 328 g/mol. The van der Waals surface area contributed by atoms with Crippen LogP contribution in [-0.4, -0.2) is 35.5 Å². The first kappa shape index (κ1) is 15.2. The summed E-state index contributed by atoms with van der Waals surface area (Å²) in [5, 5.41) is 12.8. The minimum Gasteiger partial charge on any atom is -0.465 e. The van der Waals surface area contributed by atoms with E-state index in [2.05, 4.69) is 21.2 Å². The van der Waals surface area contributed by atoms with Gasteiger partial charge in [0.05, 0.1) is 6.54 Å². The SMILES string of the molecule is CC(NC(=O)O)C(=O)NCC(=O)c1ccccc1Br. The summed E-state index contributed by atoms with van der Waals surface area (Å²) in [5.74, 6) is -0.814. The third kappa shape index (κ3) is 4.70. The van der Waals surface area contributed by atoms with Crippen molar-refractivity contribution in [3.63, 3.8) is 0 Å². The molecule has 0 saturated carbocycles. The molecule has 0 aliphatic heterocycles. The highest BCUT2D eigenvalue weighted by atomic mass is 79.9. The lowest BCUT2D eigenvalue weighted by Crippen LogP contribution is -2.45. The zero-order chi connectivity index (χ0) is 14.4. The molecule has 0 bridgehead atoms. The third-order valence-corrected chi connectivity index (χ3v) is 3.02. The molecule has 0 fully saturated rings. The Hall–Kier alpha value is -1.89. The minimum atomic E-state index is -1.29. The highest BCUT2D eigenvalue weighted by Crippen LogP contribution is 2.15. The van der Waals surface area contributed by atoms with Crippen LogP contribution < -0.4 is 10.6 Å². The van der Waals surface area contributed by atoms with Crippen molar-refractivity contribution in [1.29, 1.82) is 0 Å². The molecule has 1 unspecified atom stereocenters. The van der Waals surface area contributed by atoms with Crippen molar-refractivity contribution in [1.82, 2.24) is 10.6 Å². The number of carboxylic acid groups (broad SMARTS) is 1. The van der Waals surface area contributed by atoms with Gasteiger partial charge in [-0.3, -0.25) is 9.59 Å². The van der Waals surface area contributed by atoms with Crippen LogP contribution in [0.2, 0.25) is 0 Å². The molecule has 3 N–H and O–H groups in total. The van der Waals surface area contributed by atoms with E-state index in [4.69, 9.17) is 5.11 Å². The molecule has 7 heteroatoms. The van der Waals surface area contributed by atoms with Gasteiger partial charge in [-0.05, 0) is 13.0 Å². The summed E-state index contributed by atoms with van der Waals surface area (Å²) in [4.78, 5) is 33.7. The fourth-order valence-electron chi connectivity index (χ4n) is 1.35. The minimum absolute atomic E-state index is 0.187. The Morgan fingerprint density at radius 1 is 1.32 bits per heavy atom. The van der Waals surface area contributed by atoms with Gasteiger partial charge in [0.1, 0.15) is 6.04 Å². The number of halogens is 1. The lowest BCUT2D eigenvalue weighted by atomic mass is 10.1. The van der Waals surface area contributed by atoms with Gasteiger partial charge in [-0.2, -0.15) is 0 Å². The maximum absolute atomic E-state index is 11.8. The fourth-order valence-corrected chi connectivity index (χ4v) is 1.86. The molecule has 0 heterocycles. The summed E-state index contributed by atoms with van der Waals surface area (Å²) in [6.45, 7) is 1.21. The van der Waals surface area contributed by atoms with Crippen LogP contribution in [0.4, 0.5) is 4.79 Å². The number of benzene rings is 1. The topological polar surface area (TPSA) is 95.5 Å². The number of hydrogen-bond donors (Lipinski definition) is 3. The van der Waals surface area contributed by atoms with Crippen molar-refractivity contribution < 1.29 is 19.5 Å². The Kier molecular flexibility index (Phi) is 5.50. The van der Waals surface area contributed by atoms with Gasteiger partial charge < -0.3 is 15.7 Å². The maximum atomic E-state index is 11.8. The average Bonchev–Trinajstić information content (AvgIpc) is 2.35. The van der Waals surface area contributed by atoms with Crippen LogP contribution in [0.1, 0.15) is 17.3 Å². The second-order valence-electron chi connectivity index (χ2n) is 3.79. The third-order valence-electron chi connectivity index (χ3n) is 2.33. The lowest BCUT2D eigenvalue weighted by Gasteiger charge is -2.11. The van der Waals surface area contributed by atoms with Gasteiger partial charge in [0.2, 0.25) is 5.91 Å². The molecule has 1 rings (SSSR count). The molecular weight excluding hydrogens is 316 g/mol. The molecule has 0 aromatic heterocycles. The summed E-state index contributed by atoms with van der Waals surface area (Å²) in [6.07, 6.45) is -1.29. The predicted octanol–water partition coefficient (Wildman–Crippen LogP) is 1.40. The quantitative estimate of drug-likeness (QED) is 0.712. The summed E-state index contributed by atoms with van der Waals surface area (Å²) in [5.41, 5.74) is 0.460. The first-order chi connectivity index (χ1) is 8.91. The maximum Gasteiger partial charge on any atom is 0.405 e. The van der Waals surface area contributed by atoms with Gasteiger partial charge in [-0.1, -0.05) is 34.1 Å². The number of ketones is 1. The Bertz CT molecular complexity index is 504. The van der Waals surface area contributed by atoms with Gasteiger partial charge in [0, 0.05) is 10.0 Å². The van der Waals surface area contributed by atoms with Crippen molar-refractivity contribution >= 4 is 33.7 Å². The molecular formula is C12H13BrN2O4. The van der Waals surface area contributed by atoms with Crippen molar-refractivity contribution in [2.75, 3.05) is 6.54 Å². The first-order valence-electron chi connectivity index (χ1n) is 5.46. The second-order valence-corrected chi connectivity index (χ2v) is 4.65. The highest BCUT2D eigenvalue weighted by molar-refractivity contribution is 9.10. The Labute approximate surface area is 118 Å². The van der Waals surface area contributed by atoms with Gasteiger partial charge in [-0.15, -0.1) is 0 Å². The predicted molar refractivity (Wildman–Crippen MR) is 72.1 cm³/mol. The van der Waals surface area contributed by atoms with Gasteiger partial charge in [0.15, 0.2) is 5.78 Å². The molecule has 0 aliphatic rings. The zero-order valence-electron chi connectivity index (χ0n) is 10.1. The first-order valence-corrected chi connectivity index (χ1v) is 6.26. The van der Waals surface area contributed by atoms with E-state index in [0.717, 1.165) is 0 Å². The number of amides is 2. The average molecular weight is 329 g/mol. The van der Waals surface area contributed by atoms with Gasteiger partial charge >= 0.3 is 6.09 Å². The standard InChI is InChI=1S/C12H13BrN2O4/c1-7(15-12(18)19)11(17)14-6-10(16)8-4-2-3-5-9(8)13/h2-5,7,15H,6H2,1H3,(H,14,17)(H,18,19). The van der Waals surface area contributed by atoms with Crippen molar-refractivity contribution in [3.8, 4) is 0 Å². The van der Waals surface area contributed by atoms with Crippen LogP contribution in [0.15, 0.2) is 28.7 Å². The molecule has 0 radical (unpaired) electrons. The molecule has 0 aliphatic carbocycles. The molecule has 1 aromatic carbocycles. The molecule has 19 heavy (non-hydrogen) atoms. The number of Topliss-reactive ketones (excluding diaryl/α,β-unsaturated/α-hetero) is 1. The van der Waals surface area contributed by atoms with Crippen LogP contribution in [-0.2, 0) is 4.79 Å². The van der Waals surface area contributed by atoms with Crippen LogP contribution in [0.5, 0.6) is 0 Å². The Balaban J connectivity index is 2.53. The fraction of sp³-hybridized carbons (Fsp3) is 0.250. The largest absolute Gasteiger partial charge is 0.465 e. The molecule has 1 aromatic rings. The lowest BCUT2D eigenvalue weighted by molar-refractivity contribution is -0.122. The highest BCUT2D eigenvalue weighted by Gasteiger charge is 2.16. The van der Waals surface area contributed by atoms with E-state index >= 15 is 0 Å². The summed E-state index contributed by atoms with van der Waals surface area (Å²) < 4.78 is 0.644. The number of hydrogen-bond acceptors (Lipinski definition) is 3. The van der Waals surface area contributed by atoms with E-state index in [9.17, 15) is 14.4 Å². The summed E-state index contributed by atoms with van der Waals surface area (Å²) in [6, 6.07) is 5.94. The molecule has 102 valence electrons. The van der Waals surface area contributed by atoms with Crippen LogP contribution >= 0.6 is 15.9 Å². The van der Waals surface area contributed by atoms with E-state index in [1.54, 1.807) is 24.3 Å². The van der Waals surface area contributed by atoms with Crippen LogP contribution in [0.3, 0.4) is 0 Å². The molecule has 0 saturated heterocycles. The van der Waals surface area contributed by atoms with E-state index in [-0.39, 0.29) is 12.3 Å². The Morgan fingerprint density at radius 3 is 2.53 bits per heavy atom. The molecule has 1 atom stereocenters. The van der Waals surface area contributed by atoms with E-state index in [0.29, 0.717) is 10.0 Å². The molecule has 0 spiro atoms. The molecule has 2 amide bonds.